The van der Waals surface area contributed by atoms with E-state index in [9.17, 15) is 4.79 Å². The molecule has 7 heteroatoms. The normalized spacial score (nSPS) is 10.9. The number of rotatable bonds is 5. The molecule has 4 aromatic rings. The number of anilines is 1. The van der Waals surface area contributed by atoms with E-state index in [0.717, 1.165) is 32.8 Å². The molecule has 0 aliphatic carbocycles. The highest BCUT2D eigenvalue weighted by molar-refractivity contribution is 7.18. The number of carbonyl (C=O) groups excluding carboxylic acids is 1. The van der Waals surface area contributed by atoms with Gasteiger partial charge in [-0.15, -0.1) is 10.2 Å². The van der Waals surface area contributed by atoms with Crippen LogP contribution >= 0.6 is 34.5 Å². The van der Waals surface area contributed by atoms with E-state index < -0.39 is 10.7 Å². The molecular weight excluding hydrogens is 437 g/mol. The Morgan fingerprint density at radius 1 is 0.867 bits per heavy atom. The van der Waals surface area contributed by atoms with E-state index in [0.29, 0.717) is 10.7 Å². The number of aryl methyl sites for hydroxylation is 1. The summed E-state index contributed by atoms with van der Waals surface area (Å²) in [6, 6.07) is 23.8. The second-order valence-electron chi connectivity index (χ2n) is 6.61. The summed E-state index contributed by atoms with van der Waals surface area (Å²) in [6.45, 7) is 2.07. The average Bonchev–Trinajstić information content (AvgIpc) is 3.24. The fraction of sp³-hybridized carbons (Fsp3) is 0.0870. The molecule has 1 N–H and O–H groups in total. The Labute approximate surface area is 188 Å². The number of halogens is 2. The van der Waals surface area contributed by atoms with Crippen LogP contribution in [-0.4, -0.2) is 20.9 Å². The molecule has 0 saturated heterocycles. The van der Waals surface area contributed by atoms with Crippen molar-refractivity contribution in [2.24, 2.45) is 0 Å². The third-order valence-electron chi connectivity index (χ3n) is 4.61. The van der Waals surface area contributed by atoms with E-state index in [1.54, 1.807) is 6.07 Å². The Bertz CT molecular complexity index is 1190. The van der Waals surface area contributed by atoms with E-state index in [-0.39, 0.29) is 0 Å². The smallest absolute Gasteiger partial charge is 0.257 e. The largest absolute Gasteiger partial charge is 0.323 e. The molecule has 4 nitrogen and oxygen atoms in total. The van der Waals surface area contributed by atoms with Gasteiger partial charge in [-0.25, -0.2) is 0 Å². The monoisotopic (exact) mass is 453 g/mol. The van der Waals surface area contributed by atoms with Gasteiger partial charge < -0.3 is 5.32 Å². The molecule has 0 aliphatic heterocycles. The van der Waals surface area contributed by atoms with Gasteiger partial charge in [-0.1, -0.05) is 95.2 Å². The lowest BCUT2D eigenvalue weighted by Crippen LogP contribution is -2.18. The van der Waals surface area contributed by atoms with Gasteiger partial charge in [0.1, 0.15) is 10.0 Å². The number of para-hydroxylation sites is 1. The van der Waals surface area contributed by atoms with E-state index in [1.807, 2.05) is 42.5 Å². The maximum Gasteiger partial charge on any atom is 0.257 e. The van der Waals surface area contributed by atoms with Gasteiger partial charge in [0.25, 0.3) is 5.91 Å². The Balaban J connectivity index is 1.77. The molecule has 1 amide bonds. The summed E-state index contributed by atoms with van der Waals surface area (Å²) < 4.78 is 0. The summed E-state index contributed by atoms with van der Waals surface area (Å²) in [7, 11) is 0. The third-order valence-corrected chi connectivity index (χ3v) is 5.98. The number of benzene rings is 3. The maximum absolute atomic E-state index is 12.0. The zero-order chi connectivity index (χ0) is 21.1. The molecule has 1 aromatic heterocycles. The zero-order valence-corrected chi connectivity index (χ0v) is 18.3. The van der Waals surface area contributed by atoms with Crippen molar-refractivity contribution >= 4 is 46.1 Å². The Hall–Kier alpha value is -2.73. The number of nitrogens with zero attached hydrogens (tertiary/aromatic N) is 2. The highest BCUT2D eigenvalue weighted by Crippen LogP contribution is 2.39. The lowest BCUT2D eigenvalue weighted by Gasteiger charge is -2.10. The average molecular weight is 454 g/mol. The minimum absolute atomic E-state index is 0.485. The molecule has 0 fully saturated rings. The summed E-state index contributed by atoms with van der Waals surface area (Å²) in [4.78, 5) is 10.8. The van der Waals surface area contributed by atoms with Crippen LogP contribution in [0.25, 0.3) is 32.3 Å². The molecule has 0 atom stereocenters. The highest BCUT2D eigenvalue weighted by atomic mass is 35.5. The molecule has 0 unspecified atom stereocenters. The molecule has 0 saturated carbocycles. The summed E-state index contributed by atoms with van der Waals surface area (Å²) in [5.74, 6) is -0.485. The predicted molar refractivity (Wildman–Crippen MR) is 125 cm³/mol. The quantitative estimate of drug-likeness (QED) is 0.346. The van der Waals surface area contributed by atoms with Crippen molar-refractivity contribution in [2.75, 3.05) is 5.32 Å². The zero-order valence-electron chi connectivity index (χ0n) is 16.0. The predicted octanol–water partition coefficient (Wildman–Crippen LogP) is 6.59. The van der Waals surface area contributed by atoms with Crippen molar-refractivity contribution in [3.05, 3.63) is 78.4 Å². The molecule has 150 valence electrons. The van der Waals surface area contributed by atoms with Crippen molar-refractivity contribution in [1.82, 2.24) is 10.2 Å². The third kappa shape index (κ3) is 4.24. The van der Waals surface area contributed by atoms with Crippen LogP contribution < -0.4 is 5.32 Å². The first-order valence-corrected chi connectivity index (χ1v) is 10.9. The Morgan fingerprint density at radius 3 is 2.30 bits per heavy atom. The first-order valence-electron chi connectivity index (χ1n) is 9.22. The molecule has 0 radical (unpaired) electrons. The van der Waals surface area contributed by atoms with E-state index in [2.05, 4.69) is 46.7 Å². The lowest BCUT2D eigenvalue weighted by molar-refractivity contribution is -0.114. The van der Waals surface area contributed by atoms with Gasteiger partial charge in [0, 0.05) is 11.1 Å². The van der Waals surface area contributed by atoms with Crippen molar-refractivity contribution < 1.29 is 4.79 Å². The SMILES string of the molecule is Cc1cccc(-c2ccccc2)c1-c1nnc(-c2ccccc2NC(=O)C(Cl)Cl)s1. The summed E-state index contributed by atoms with van der Waals surface area (Å²) in [6.07, 6.45) is 0. The van der Waals surface area contributed by atoms with Gasteiger partial charge in [-0.2, -0.15) is 0 Å². The van der Waals surface area contributed by atoms with Crippen LogP contribution in [0.2, 0.25) is 0 Å². The molecule has 4 rings (SSSR count). The Morgan fingerprint density at radius 2 is 1.53 bits per heavy atom. The first-order chi connectivity index (χ1) is 14.5. The van der Waals surface area contributed by atoms with Crippen molar-refractivity contribution in [3.63, 3.8) is 0 Å². The highest BCUT2D eigenvalue weighted by Gasteiger charge is 2.19. The number of hydrogen-bond donors (Lipinski definition) is 1. The van der Waals surface area contributed by atoms with Crippen LogP contribution in [0.3, 0.4) is 0 Å². The van der Waals surface area contributed by atoms with Crippen LogP contribution in [0, 0.1) is 6.92 Å². The van der Waals surface area contributed by atoms with E-state index >= 15 is 0 Å². The second kappa shape index (κ2) is 8.96. The van der Waals surface area contributed by atoms with E-state index in [1.165, 1.54) is 11.3 Å². The summed E-state index contributed by atoms with van der Waals surface area (Å²) in [5.41, 5.74) is 5.74. The van der Waals surface area contributed by atoms with Crippen LogP contribution in [0.1, 0.15) is 5.56 Å². The molecule has 1 heterocycles. The minimum atomic E-state index is -1.15. The fourth-order valence-electron chi connectivity index (χ4n) is 3.21. The summed E-state index contributed by atoms with van der Waals surface area (Å²) in [5, 5.41) is 13.1. The number of nitrogens with one attached hydrogen (secondary N) is 1. The van der Waals surface area contributed by atoms with Gasteiger partial charge in [0.05, 0.1) is 5.69 Å². The van der Waals surface area contributed by atoms with Gasteiger partial charge in [0.15, 0.2) is 4.84 Å². The maximum atomic E-state index is 12.0. The molecule has 0 aliphatic rings. The number of hydrogen-bond acceptors (Lipinski definition) is 4. The Kier molecular flexibility index (Phi) is 6.13. The standard InChI is InChI=1S/C23H17Cl2N3OS/c1-14-8-7-12-16(15-9-3-2-4-10-15)19(14)23-28-27-22(30-23)17-11-5-6-13-18(17)26-21(29)20(24)25/h2-13,20H,1H3,(H,26,29). The van der Waals surface area contributed by atoms with Crippen LogP contribution in [0.15, 0.2) is 72.8 Å². The number of alkyl halides is 2. The van der Waals surface area contributed by atoms with Crippen LogP contribution in [0.4, 0.5) is 5.69 Å². The van der Waals surface area contributed by atoms with Gasteiger partial charge in [-0.3, -0.25) is 4.79 Å². The van der Waals surface area contributed by atoms with Crippen LogP contribution in [-0.2, 0) is 4.79 Å². The molecular formula is C23H17Cl2N3OS. The van der Waals surface area contributed by atoms with Crippen molar-refractivity contribution in [2.45, 2.75) is 11.8 Å². The number of amides is 1. The van der Waals surface area contributed by atoms with Crippen molar-refractivity contribution in [3.8, 4) is 32.3 Å². The molecule has 3 aromatic carbocycles. The van der Waals surface area contributed by atoms with E-state index in [4.69, 9.17) is 23.2 Å². The number of carbonyl (C=O) groups is 1. The lowest BCUT2D eigenvalue weighted by atomic mass is 9.96. The van der Waals surface area contributed by atoms with Crippen LogP contribution in [0.5, 0.6) is 0 Å². The van der Waals surface area contributed by atoms with Gasteiger partial charge in [0.2, 0.25) is 0 Å². The van der Waals surface area contributed by atoms with Gasteiger partial charge >= 0.3 is 0 Å². The molecule has 0 bridgehead atoms. The number of aromatic nitrogens is 2. The fourth-order valence-corrected chi connectivity index (χ4v) is 4.33. The van der Waals surface area contributed by atoms with Crippen molar-refractivity contribution in [1.29, 1.82) is 0 Å². The minimum Gasteiger partial charge on any atom is -0.323 e. The van der Waals surface area contributed by atoms with Gasteiger partial charge in [-0.05, 0) is 35.7 Å². The molecule has 30 heavy (non-hydrogen) atoms. The first kappa shape index (κ1) is 20.5. The summed E-state index contributed by atoms with van der Waals surface area (Å²) >= 11 is 12.8. The molecule has 0 spiro atoms. The second-order valence-corrected chi connectivity index (χ2v) is 8.69. The topological polar surface area (TPSA) is 54.9 Å².